The summed E-state index contributed by atoms with van der Waals surface area (Å²) >= 11 is 0.721. The van der Waals surface area contributed by atoms with E-state index >= 15 is 0 Å². The fraction of sp³-hybridized carbons (Fsp3) is 0.333. The summed E-state index contributed by atoms with van der Waals surface area (Å²) in [5, 5.41) is 1.60. The smallest absolute Gasteiger partial charge is 0.0159 e. The van der Waals surface area contributed by atoms with Gasteiger partial charge in [-0.05, 0) is 12.3 Å². The topological polar surface area (TPSA) is 20.2 Å². The summed E-state index contributed by atoms with van der Waals surface area (Å²) in [5.74, 6) is 0. The van der Waals surface area contributed by atoms with Gasteiger partial charge >= 0.3 is 0 Å². The SMILES string of the molecule is C/C=C/SO. The average Bonchev–Trinajstić information content (AvgIpc) is 1.41. The van der Waals surface area contributed by atoms with E-state index in [1.54, 1.807) is 11.5 Å². The number of allylic oxidation sites excluding steroid dienone is 1. The molecule has 0 aromatic heterocycles. The lowest BCUT2D eigenvalue weighted by atomic mass is 10.8. The monoisotopic (exact) mass is 90.0 g/mol. The van der Waals surface area contributed by atoms with Crippen LogP contribution in [0.5, 0.6) is 0 Å². The normalized spacial score (nSPS) is 10.0. The summed E-state index contributed by atoms with van der Waals surface area (Å²) in [4.78, 5) is 0. The summed E-state index contributed by atoms with van der Waals surface area (Å²) in [6, 6.07) is 0. The van der Waals surface area contributed by atoms with Crippen LogP contribution < -0.4 is 0 Å². The minimum absolute atomic E-state index is 0.721. The third kappa shape index (κ3) is 4.05. The van der Waals surface area contributed by atoms with Crippen molar-refractivity contribution in [3.63, 3.8) is 0 Å². The van der Waals surface area contributed by atoms with E-state index in [1.807, 2.05) is 6.92 Å². The van der Waals surface area contributed by atoms with Gasteiger partial charge in [0.1, 0.15) is 0 Å². The van der Waals surface area contributed by atoms with Crippen molar-refractivity contribution in [3.8, 4) is 0 Å². The number of hydrogen-bond acceptors (Lipinski definition) is 2. The molecule has 0 bridgehead atoms. The Morgan fingerprint density at radius 3 is 2.40 bits per heavy atom. The van der Waals surface area contributed by atoms with Gasteiger partial charge in [0.25, 0.3) is 0 Å². The van der Waals surface area contributed by atoms with E-state index < -0.39 is 0 Å². The Bertz CT molecular complexity index is 33.9. The Labute approximate surface area is 35.9 Å². The fourth-order valence-corrected chi connectivity index (χ4v) is 0.183. The molecule has 0 rings (SSSR count). The van der Waals surface area contributed by atoms with Gasteiger partial charge in [-0.1, -0.05) is 6.08 Å². The lowest BCUT2D eigenvalue weighted by Crippen LogP contribution is -1.36. The molecule has 0 aromatic rings. The van der Waals surface area contributed by atoms with Crippen molar-refractivity contribution in [2.45, 2.75) is 6.92 Å². The summed E-state index contributed by atoms with van der Waals surface area (Å²) in [5.41, 5.74) is 0. The molecular weight excluding hydrogens is 84.1 g/mol. The Hall–Kier alpha value is 0.0500. The van der Waals surface area contributed by atoms with E-state index in [2.05, 4.69) is 0 Å². The predicted molar refractivity (Wildman–Crippen MR) is 25.0 cm³/mol. The van der Waals surface area contributed by atoms with Gasteiger partial charge < -0.3 is 4.55 Å². The highest BCUT2D eigenvalue weighted by Gasteiger charge is 1.53. The van der Waals surface area contributed by atoms with Gasteiger partial charge in [-0.15, -0.1) is 0 Å². The van der Waals surface area contributed by atoms with E-state index in [1.165, 1.54) is 0 Å². The first-order chi connectivity index (χ1) is 2.41. The van der Waals surface area contributed by atoms with Crippen molar-refractivity contribution < 1.29 is 4.55 Å². The second-order valence-electron chi connectivity index (χ2n) is 0.575. The zero-order valence-corrected chi connectivity index (χ0v) is 3.83. The van der Waals surface area contributed by atoms with Gasteiger partial charge in [0.05, 0.1) is 0 Å². The van der Waals surface area contributed by atoms with Gasteiger partial charge in [-0.25, -0.2) is 0 Å². The van der Waals surface area contributed by atoms with Crippen LogP contribution in [0.15, 0.2) is 11.5 Å². The molecule has 0 aliphatic heterocycles. The Morgan fingerprint density at radius 2 is 2.40 bits per heavy atom. The molecule has 30 valence electrons. The van der Waals surface area contributed by atoms with Crippen LogP contribution in [-0.2, 0) is 0 Å². The van der Waals surface area contributed by atoms with Crippen molar-refractivity contribution in [2.75, 3.05) is 0 Å². The molecule has 0 aromatic carbocycles. The first-order valence-electron chi connectivity index (χ1n) is 1.33. The molecule has 0 saturated heterocycles. The minimum Gasteiger partial charge on any atom is -0.326 e. The fourth-order valence-electron chi connectivity index (χ4n) is 0.0609. The number of rotatable bonds is 1. The highest BCUT2D eigenvalue weighted by molar-refractivity contribution is 7.96. The summed E-state index contributed by atoms with van der Waals surface area (Å²) in [6.45, 7) is 1.85. The molecule has 1 nitrogen and oxygen atoms in total. The molecule has 0 saturated carbocycles. The van der Waals surface area contributed by atoms with E-state index in [0.29, 0.717) is 0 Å². The van der Waals surface area contributed by atoms with Crippen LogP contribution in [0.2, 0.25) is 0 Å². The molecule has 0 aliphatic carbocycles. The Kier molecular flexibility index (Phi) is 4.09. The molecular formula is C3H6OS. The van der Waals surface area contributed by atoms with Gasteiger partial charge in [0.2, 0.25) is 0 Å². The average molecular weight is 90.1 g/mol. The quantitative estimate of drug-likeness (QED) is 0.495. The number of hydrogen-bond donors (Lipinski definition) is 1. The van der Waals surface area contributed by atoms with E-state index in [4.69, 9.17) is 4.55 Å². The van der Waals surface area contributed by atoms with E-state index in [9.17, 15) is 0 Å². The maximum Gasteiger partial charge on any atom is 0.0159 e. The molecule has 0 amide bonds. The minimum atomic E-state index is 0.721. The van der Waals surface area contributed by atoms with Crippen molar-refractivity contribution in [1.29, 1.82) is 0 Å². The van der Waals surface area contributed by atoms with Gasteiger partial charge in [0.15, 0.2) is 0 Å². The van der Waals surface area contributed by atoms with E-state index in [0.717, 1.165) is 12.0 Å². The molecule has 0 heterocycles. The lowest BCUT2D eigenvalue weighted by molar-refractivity contribution is 0.671. The largest absolute Gasteiger partial charge is 0.326 e. The standard InChI is InChI=1S/C3H6OS/c1-2-3-5-4/h2-4H,1H3/b3-2+. The third-order valence-corrected chi connectivity index (χ3v) is 0.591. The van der Waals surface area contributed by atoms with Crippen LogP contribution in [0, 0.1) is 0 Å². The predicted octanol–water partition coefficient (Wildman–Crippen LogP) is 1.73. The van der Waals surface area contributed by atoms with Crippen molar-refractivity contribution in [2.24, 2.45) is 0 Å². The maximum absolute atomic E-state index is 7.90. The lowest BCUT2D eigenvalue weighted by Gasteiger charge is -1.64. The van der Waals surface area contributed by atoms with Crippen molar-refractivity contribution in [1.82, 2.24) is 0 Å². The van der Waals surface area contributed by atoms with Gasteiger partial charge in [-0.2, -0.15) is 0 Å². The second kappa shape index (κ2) is 4.05. The first-order valence-corrected chi connectivity index (χ1v) is 2.17. The van der Waals surface area contributed by atoms with E-state index in [-0.39, 0.29) is 0 Å². The molecule has 0 atom stereocenters. The van der Waals surface area contributed by atoms with Crippen LogP contribution in [0.3, 0.4) is 0 Å². The highest BCUT2D eigenvalue weighted by atomic mass is 32.2. The van der Waals surface area contributed by atoms with Gasteiger partial charge in [-0.3, -0.25) is 0 Å². The van der Waals surface area contributed by atoms with Crippen molar-refractivity contribution >= 4 is 12.0 Å². The molecule has 0 unspecified atom stereocenters. The van der Waals surface area contributed by atoms with Crippen LogP contribution in [-0.4, -0.2) is 4.55 Å². The summed E-state index contributed by atoms with van der Waals surface area (Å²) in [6.07, 6.45) is 1.77. The highest BCUT2D eigenvalue weighted by Crippen LogP contribution is 1.88. The zero-order chi connectivity index (χ0) is 4.12. The molecule has 5 heavy (non-hydrogen) atoms. The first kappa shape index (κ1) is 5.05. The molecule has 0 spiro atoms. The second-order valence-corrected chi connectivity index (χ2v) is 1.06. The zero-order valence-electron chi connectivity index (χ0n) is 3.01. The van der Waals surface area contributed by atoms with Gasteiger partial charge in [0, 0.05) is 12.0 Å². The van der Waals surface area contributed by atoms with Crippen LogP contribution in [0.1, 0.15) is 6.92 Å². The molecule has 1 N–H and O–H groups in total. The molecule has 2 heteroatoms. The summed E-state index contributed by atoms with van der Waals surface area (Å²) in [7, 11) is 0. The Balaban J connectivity index is 2.62. The third-order valence-electron chi connectivity index (χ3n) is 0.197. The summed E-state index contributed by atoms with van der Waals surface area (Å²) < 4.78 is 7.90. The maximum atomic E-state index is 7.90. The van der Waals surface area contributed by atoms with Crippen LogP contribution >= 0.6 is 12.0 Å². The molecule has 0 aliphatic rings. The molecule has 0 fully saturated rings. The van der Waals surface area contributed by atoms with Crippen molar-refractivity contribution in [3.05, 3.63) is 11.5 Å². The molecule has 0 radical (unpaired) electrons. The van der Waals surface area contributed by atoms with Crippen LogP contribution in [0.4, 0.5) is 0 Å². The van der Waals surface area contributed by atoms with Crippen LogP contribution in [0.25, 0.3) is 0 Å². The Morgan fingerprint density at radius 1 is 1.80 bits per heavy atom.